The number of anilines is 2. The van der Waals surface area contributed by atoms with E-state index in [0.717, 1.165) is 20.3 Å². The first kappa shape index (κ1) is 22.3. The maximum atomic E-state index is 12.7. The summed E-state index contributed by atoms with van der Waals surface area (Å²) in [5, 5.41) is 9.35. The summed E-state index contributed by atoms with van der Waals surface area (Å²) in [5.41, 5.74) is 3.62. The number of thiazole rings is 1. The van der Waals surface area contributed by atoms with Crippen molar-refractivity contribution in [1.82, 2.24) is 10.3 Å². The molecule has 3 aromatic carbocycles. The molecule has 4 aromatic rings. The third kappa shape index (κ3) is 5.27. The molecule has 4 rings (SSSR count). The van der Waals surface area contributed by atoms with E-state index in [4.69, 9.17) is 11.6 Å². The van der Waals surface area contributed by atoms with Crippen molar-refractivity contribution in [3.8, 4) is 0 Å². The van der Waals surface area contributed by atoms with Gasteiger partial charge in [0.15, 0.2) is 5.13 Å². The SMILES string of the molecule is Cc1cccc(Cl)c1NC(=O)c1ccc2nc(NC(=O)NCc3cccc(Br)c3)sc2c1. The number of benzene rings is 3. The van der Waals surface area contributed by atoms with Crippen molar-refractivity contribution >= 4 is 71.8 Å². The highest BCUT2D eigenvalue weighted by Gasteiger charge is 2.13. The lowest BCUT2D eigenvalue weighted by molar-refractivity contribution is 0.102. The Bertz CT molecular complexity index is 1300. The topological polar surface area (TPSA) is 83.1 Å². The molecular formula is C23H18BrClN4O2S. The molecule has 3 N–H and O–H groups in total. The number of carbonyl (C=O) groups excluding carboxylic acids is 2. The van der Waals surface area contributed by atoms with E-state index < -0.39 is 0 Å². The standard InChI is InChI=1S/C23H18BrClN4O2S/c1-13-4-2-7-17(25)20(13)28-21(30)15-8-9-18-19(11-15)32-23(27-18)29-22(31)26-12-14-5-3-6-16(24)10-14/h2-11H,12H2,1H3,(H,28,30)(H2,26,27,29,31). The third-order valence-electron chi connectivity index (χ3n) is 4.67. The van der Waals surface area contributed by atoms with Gasteiger partial charge in [-0.3, -0.25) is 10.1 Å². The van der Waals surface area contributed by atoms with Gasteiger partial charge in [-0.15, -0.1) is 0 Å². The van der Waals surface area contributed by atoms with Gasteiger partial charge in [-0.25, -0.2) is 9.78 Å². The van der Waals surface area contributed by atoms with Crippen molar-refractivity contribution in [3.63, 3.8) is 0 Å². The number of fused-ring (bicyclic) bond motifs is 1. The lowest BCUT2D eigenvalue weighted by atomic mass is 10.1. The minimum atomic E-state index is -0.351. The van der Waals surface area contributed by atoms with Crippen LogP contribution >= 0.6 is 38.9 Å². The van der Waals surface area contributed by atoms with Gasteiger partial charge in [0.2, 0.25) is 0 Å². The number of aromatic nitrogens is 1. The van der Waals surface area contributed by atoms with Crippen LogP contribution in [0.5, 0.6) is 0 Å². The molecule has 0 saturated carbocycles. The van der Waals surface area contributed by atoms with Gasteiger partial charge in [-0.05, 0) is 54.4 Å². The second-order valence-electron chi connectivity index (χ2n) is 7.02. The number of hydrogen-bond donors (Lipinski definition) is 3. The van der Waals surface area contributed by atoms with Gasteiger partial charge < -0.3 is 10.6 Å². The molecule has 3 amide bonds. The number of hydrogen-bond acceptors (Lipinski definition) is 4. The van der Waals surface area contributed by atoms with Crippen LogP contribution in [-0.2, 0) is 6.54 Å². The lowest BCUT2D eigenvalue weighted by Gasteiger charge is -2.10. The summed E-state index contributed by atoms with van der Waals surface area (Å²) >= 11 is 10.9. The average molecular weight is 530 g/mol. The number of urea groups is 1. The molecule has 0 atom stereocenters. The van der Waals surface area contributed by atoms with Crippen molar-refractivity contribution in [2.45, 2.75) is 13.5 Å². The summed E-state index contributed by atoms with van der Waals surface area (Å²) < 4.78 is 1.74. The van der Waals surface area contributed by atoms with E-state index in [1.807, 2.05) is 43.3 Å². The number of para-hydroxylation sites is 1. The summed E-state index contributed by atoms with van der Waals surface area (Å²) in [4.78, 5) is 29.4. The fourth-order valence-corrected chi connectivity index (χ4v) is 4.68. The third-order valence-corrected chi connectivity index (χ3v) is 6.42. The Balaban J connectivity index is 1.43. The molecule has 0 unspecified atom stereocenters. The van der Waals surface area contributed by atoms with Gasteiger partial charge in [0.1, 0.15) is 0 Å². The van der Waals surface area contributed by atoms with Crippen LogP contribution in [0.1, 0.15) is 21.5 Å². The second kappa shape index (κ2) is 9.68. The van der Waals surface area contributed by atoms with E-state index in [1.165, 1.54) is 11.3 Å². The molecule has 0 fully saturated rings. The van der Waals surface area contributed by atoms with Crippen molar-refractivity contribution in [2.75, 3.05) is 10.6 Å². The van der Waals surface area contributed by atoms with Gasteiger partial charge in [-0.2, -0.15) is 0 Å². The molecule has 0 aliphatic heterocycles. The molecule has 0 radical (unpaired) electrons. The highest BCUT2D eigenvalue weighted by atomic mass is 79.9. The van der Waals surface area contributed by atoms with E-state index in [-0.39, 0.29) is 11.9 Å². The zero-order valence-corrected chi connectivity index (χ0v) is 20.1. The zero-order chi connectivity index (χ0) is 22.7. The molecule has 1 aromatic heterocycles. The summed E-state index contributed by atoms with van der Waals surface area (Å²) in [7, 11) is 0. The normalized spacial score (nSPS) is 10.7. The molecule has 1 heterocycles. The molecule has 32 heavy (non-hydrogen) atoms. The Morgan fingerprint density at radius 2 is 1.88 bits per heavy atom. The number of amides is 3. The summed E-state index contributed by atoms with van der Waals surface area (Å²) in [6.07, 6.45) is 0. The van der Waals surface area contributed by atoms with Crippen LogP contribution in [0.3, 0.4) is 0 Å². The predicted molar refractivity (Wildman–Crippen MR) is 134 cm³/mol. The molecule has 6 nitrogen and oxygen atoms in total. The monoisotopic (exact) mass is 528 g/mol. The minimum Gasteiger partial charge on any atom is -0.334 e. The van der Waals surface area contributed by atoms with E-state index in [2.05, 4.69) is 36.9 Å². The Morgan fingerprint density at radius 3 is 2.66 bits per heavy atom. The van der Waals surface area contributed by atoms with Crippen LogP contribution in [0.25, 0.3) is 10.2 Å². The highest BCUT2D eigenvalue weighted by molar-refractivity contribution is 9.10. The summed E-state index contributed by atoms with van der Waals surface area (Å²) in [6, 6.07) is 18.0. The molecule has 0 saturated heterocycles. The van der Waals surface area contributed by atoms with E-state index in [1.54, 1.807) is 24.3 Å². The molecule has 162 valence electrons. The molecule has 0 aliphatic rings. The van der Waals surface area contributed by atoms with Gasteiger partial charge in [0.25, 0.3) is 5.91 Å². The molecule has 0 bridgehead atoms. The highest BCUT2D eigenvalue weighted by Crippen LogP contribution is 2.29. The van der Waals surface area contributed by atoms with Crippen molar-refractivity contribution in [1.29, 1.82) is 0 Å². The van der Waals surface area contributed by atoms with Crippen LogP contribution < -0.4 is 16.0 Å². The van der Waals surface area contributed by atoms with E-state index in [0.29, 0.717) is 33.5 Å². The number of nitrogens with one attached hydrogen (secondary N) is 3. The molecule has 9 heteroatoms. The van der Waals surface area contributed by atoms with E-state index in [9.17, 15) is 9.59 Å². The molecular weight excluding hydrogens is 512 g/mol. The quantitative estimate of drug-likeness (QED) is 0.272. The number of halogens is 2. The maximum Gasteiger partial charge on any atom is 0.321 e. The van der Waals surface area contributed by atoms with Gasteiger partial charge >= 0.3 is 6.03 Å². The number of nitrogens with zero attached hydrogens (tertiary/aromatic N) is 1. The zero-order valence-electron chi connectivity index (χ0n) is 16.9. The number of carbonyl (C=O) groups is 2. The Morgan fingerprint density at radius 1 is 1.06 bits per heavy atom. The lowest BCUT2D eigenvalue weighted by Crippen LogP contribution is -2.28. The van der Waals surface area contributed by atoms with Crippen LogP contribution in [0.2, 0.25) is 5.02 Å². The average Bonchev–Trinajstić information content (AvgIpc) is 3.16. The minimum absolute atomic E-state index is 0.266. The van der Waals surface area contributed by atoms with E-state index >= 15 is 0 Å². The first-order valence-corrected chi connectivity index (χ1v) is 11.6. The Kier molecular flexibility index (Phi) is 6.74. The smallest absolute Gasteiger partial charge is 0.321 e. The van der Waals surface area contributed by atoms with Crippen LogP contribution in [0.15, 0.2) is 65.1 Å². The van der Waals surface area contributed by atoms with Gasteiger partial charge in [-0.1, -0.05) is 63.1 Å². The van der Waals surface area contributed by atoms with Crippen molar-refractivity contribution in [2.24, 2.45) is 0 Å². The summed E-state index contributed by atoms with van der Waals surface area (Å²) in [6.45, 7) is 2.27. The van der Waals surface area contributed by atoms with Crippen LogP contribution in [0.4, 0.5) is 15.6 Å². The van der Waals surface area contributed by atoms with Crippen molar-refractivity contribution < 1.29 is 9.59 Å². The largest absolute Gasteiger partial charge is 0.334 e. The van der Waals surface area contributed by atoms with Crippen LogP contribution in [0, 0.1) is 6.92 Å². The fraction of sp³-hybridized carbons (Fsp3) is 0.0870. The fourth-order valence-electron chi connectivity index (χ4n) is 3.07. The first-order chi connectivity index (χ1) is 15.4. The predicted octanol–water partition coefficient (Wildman–Crippen LogP) is 6.59. The molecule has 0 aliphatic carbocycles. The van der Waals surface area contributed by atoms with Crippen molar-refractivity contribution in [3.05, 3.63) is 86.8 Å². The van der Waals surface area contributed by atoms with Gasteiger partial charge in [0, 0.05) is 16.6 Å². The van der Waals surface area contributed by atoms with Crippen LogP contribution in [-0.4, -0.2) is 16.9 Å². The summed E-state index contributed by atoms with van der Waals surface area (Å²) in [5.74, 6) is -0.266. The first-order valence-electron chi connectivity index (χ1n) is 9.65. The number of rotatable bonds is 5. The second-order valence-corrected chi connectivity index (χ2v) is 9.38. The Labute approximate surface area is 202 Å². The Hall–Kier alpha value is -2.94. The van der Waals surface area contributed by atoms with Gasteiger partial charge in [0.05, 0.1) is 20.9 Å². The maximum absolute atomic E-state index is 12.7. The molecule has 0 spiro atoms. The number of aryl methyl sites for hydroxylation is 1.